The molecule has 1 aliphatic rings. The van der Waals surface area contributed by atoms with Crippen LogP contribution in [-0.4, -0.2) is 27.3 Å². The molecule has 1 aliphatic heterocycles. The van der Waals surface area contributed by atoms with Gasteiger partial charge in [0.1, 0.15) is 5.58 Å². The Hall–Kier alpha value is -2.93. The van der Waals surface area contributed by atoms with Crippen molar-refractivity contribution in [3.8, 4) is 11.1 Å². The molecule has 1 aromatic heterocycles. The first-order valence-corrected chi connectivity index (χ1v) is 13.2. The first-order valence-electron chi connectivity index (χ1n) is 11.3. The zero-order valence-corrected chi connectivity index (χ0v) is 19.4. The maximum atomic E-state index is 11.8. The van der Waals surface area contributed by atoms with E-state index in [1.165, 1.54) is 11.8 Å². The molecular formula is C27H28N2O3S. The standard InChI is InChI=1S/C27H28N2O3S/c1-33(30,31)24-11-9-19(10-12-24)22-16-21-13-15-32-27(21)23(17-22)18-29-25-8-5-14-28-26(25)20-6-3-2-4-7-20/h2-4,6-7,9-13,15-17,25-26,28-29H,5,8,14,18H2,1H3. The largest absolute Gasteiger partial charge is 0.464 e. The zero-order chi connectivity index (χ0) is 22.8. The fraction of sp³-hybridized carbons (Fsp3) is 0.259. The zero-order valence-electron chi connectivity index (χ0n) is 18.6. The van der Waals surface area contributed by atoms with E-state index in [-0.39, 0.29) is 6.04 Å². The molecule has 4 aromatic rings. The van der Waals surface area contributed by atoms with Crippen LogP contribution in [0.4, 0.5) is 0 Å². The van der Waals surface area contributed by atoms with Gasteiger partial charge in [-0.3, -0.25) is 0 Å². The molecular weight excluding hydrogens is 432 g/mol. The summed E-state index contributed by atoms with van der Waals surface area (Å²) in [6, 6.07) is 24.5. The van der Waals surface area contributed by atoms with Gasteiger partial charge in [0.25, 0.3) is 0 Å². The van der Waals surface area contributed by atoms with E-state index in [0.717, 1.165) is 47.0 Å². The SMILES string of the molecule is CS(=O)(=O)c1ccc(-c2cc(CNC3CCCNC3c3ccccc3)c3occc3c2)cc1. The summed E-state index contributed by atoms with van der Waals surface area (Å²) in [4.78, 5) is 0.328. The Labute approximate surface area is 194 Å². The van der Waals surface area contributed by atoms with Crippen LogP contribution in [0.15, 0.2) is 88.4 Å². The molecule has 2 unspecified atom stereocenters. The number of hydrogen-bond donors (Lipinski definition) is 2. The maximum Gasteiger partial charge on any atom is 0.175 e. The third kappa shape index (κ3) is 4.74. The van der Waals surface area contributed by atoms with Crippen LogP contribution in [0.25, 0.3) is 22.1 Å². The van der Waals surface area contributed by atoms with Crippen molar-refractivity contribution in [2.75, 3.05) is 12.8 Å². The van der Waals surface area contributed by atoms with Crippen LogP contribution < -0.4 is 10.6 Å². The van der Waals surface area contributed by atoms with Gasteiger partial charge >= 0.3 is 0 Å². The van der Waals surface area contributed by atoms with Gasteiger partial charge in [-0.1, -0.05) is 42.5 Å². The number of nitrogens with one attached hydrogen (secondary N) is 2. The molecule has 0 amide bonds. The summed E-state index contributed by atoms with van der Waals surface area (Å²) >= 11 is 0. The highest BCUT2D eigenvalue weighted by atomic mass is 32.2. The number of benzene rings is 3. The lowest BCUT2D eigenvalue weighted by Crippen LogP contribution is -2.45. The number of piperidine rings is 1. The van der Waals surface area contributed by atoms with Gasteiger partial charge in [0, 0.05) is 35.8 Å². The molecule has 3 aromatic carbocycles. The minimum Gasteiger partial charge on any atom is -0.464 e. The van der Waals surface area contributed by atoms with E-state index in [1.54, 1.807) is 18.4 Å². The Morgan fingerprint density at radius 2 is 1.79 bits per heavy atom. The molecule has 33 heavy (non-hydrogen) atoms. The highest BCUT2D eigenvalue weighted by Gasteiger charge is 2.26. The van der Waals surface area contributed by atoms with Crippen molar-refractivity contribution in [2.24, 2.45) is 0 Å². The number of sulfone groups is 1. The third-order valence-corrected chi connectivity index (χ3v) is 7.54. The van der Waals surface area contributed by atoms with E-state index >= 15 is 0 Å². The highest BCUT2D eigenvalue weighted by molar-refractivity contribution is 7.90. The third-order valence-electron chi connectivity index (χ3n) is 6.42. The summed E-state index contributed by atoms with van der Waals surface area (Å²) < 4.78 is 29.4. The van der Waals surface area contributed by atoms with Crippen LogP contribution in [0.1, 0.15) is 30.0 Å². The van der Waals surface area contributed by atoms with Gasteiger partial charge < -0.3 is 15.1 Å². The quantitative estimate of drug-likeness (QED) is 0.420. The van der Waals surface area contributed by atoms with Crippen molar-refractivity contribution in [3.05, 3.63) is 90.2 Å². The second-order valence-corrected chi connectivity index (χ2v) is 10.8. The molecule has 0 bridgehead atoms. The summed E-state index contributed by atoms with van der Waals surface area (Å²) in [6.07, 6.45) is 5.20. The summed E-state index contributed by atoms with van der Waals surface area (Å²) in [7, 11) is -3.22. The predicted molar refractivity (Wildman–Crippen MR) is 132 cm³/mol. The van der Waals surface area contributed by atoms with Gasteiger partial charge in [-0.15, -0.1) is 0 Å². The van der Waals surface area contributed by atoms with Gasteiger partial charge in [0.05, 0.1) is 11.2 Å². The van der Waals surface area contributed by atoms with Crippen molar-refractivity contribution in [2.45, 2.75) is 36.4 Å². The fourth-order valence-electron chi connectivity index (χ4n) is 4.71. The average molecular weight is 461 g/mol. The van der Waals surface area contributed by atoms with Crippen LogP contribution in [0.3, 0.4) is 0 Å². The maximum absolute atomic E-state index is 11.8. The average Bonchev–Trinajstić information content (AvgIpc) is 3.32. The Morgan fingerprint density at radius 1 is 1.00 bits per heavy atom. The van der Waals surface area contributed by atoms with E-state index in [2.05, 4.69) is 53.1 Å². The molecule has 1 saturated heterocycles. The summed E-state index contributed by atoms with van der Waals surface area (Å²) in [5.41, 5.74) is 5.31. The Balaban J connectivity index is 1.42. The van der Waals surface area contributed by atoms with E-state index in [4.69, 9.17) is 4.42 Å². The molecule has 0 saturated carbocycles. The molecule has 5 nitrogen and oxygen atoms in total. The van der Waals surface area contributed by atoms with Crippen molar-refractivity contribution in [1.82, 2.24) is 10.6 Å². The fourth-order valence-corrected chi connectivity index (χ4v) is 5.34. The molecule has 0 aliphatic carbocycles. The van der Waals surface area contributed by atoms with Crippen molar-refractivity contribution in [1.29, 1.82) is 0 Å². The van der Waals surface area contributed by atoms with Crippen molar-refractivity contribution < 1.29 is 12.8 Å². The molecule has 5 rings (SSSR count). The van der Waals surface area contributed by atoms with Gasteiger partial charge in [-0.25, -0.2) is 8.42 Å². The molecule has 0 radical (unpaired) electrons. The van der Waals surface area contributed by atoms with Crippen LogP contribution in [0.5, 0.6) is 0 Å². The predicted octanol–water partition coefficient (Wildman–Crippen LogP) is 5.09. The van der Waals surface area contributed by atoms with Gasteiger partial charge in [-0.2, -0.15) is 0 Å². The Morgan fingerprint density at radius 3 is 2.55 bits per heavy atom. The summed E-state index contributed by atoms with van der Waals surface area (Å²) in [5, 5.41) is 8.49. The molecule has 1 fully saturated rings. The van der Waals surface area contributed by atoms with E-state index in [9.17, 15) is 8.42 Å². The molecule has 2 N–H and O–H groups in total. The lowest BCUT2D eigenvalue weighted by Gasteiger charge is -2.34. The first kappa shape index (κ1) is 21.9. The van der Waals surface area contributed by atoms with Crippen LogP contribution in [-0.2, 0) is 16.4 Å². The molecule has 2 atom stereocenters. The van der Waals surface area contributed by atoms with Crippen molar-refractivity contribution >= 4 is 20.8 Å². The summed E-state index contributed by atoms with van der Waals surface area (Å²) in [5.74, 6) is 0. The minimum atomic E-state index is -3.22. The lowest BCUT2D eigenvalue weighted by atomic mass is 9.92. The second kappa shape index (κ2) is 9.14. The number of fused-ring (bicyclic) bond motifs is 1. The smallest absolute Gasteiger partial charge is 0.175 e. The molecule has 0 spiro atoms. The van der Waals surface area contributed by atoms with Crippen LogP contribution >= 0.6 is 0 Å². The first-order chi connectivity index (χ1) is 16.0. The van der Waals surface area contributed by atoms with Crippen LogP contribution in [0, 0.1) is 0 Å². The van der Waals surface area contributed by atoms with E-state index in [1.807, 2.05) is 18.2 Å². The highest BCUT2D eigenvalue weighted by Crippen LogP contribution is 2.30. The van der Waals surface area contributed by atoms with Gasteiger partial charge in [0.15, 0.2) is 9.84 Å². The lowest BCUT2D eigenvalue weighted by molar-refractivity contribution is 0.304. The van der Waals surface area contributed by atoms with E-state index in [0.29, 0.717) is 17.5 Å². The number of hydrogen-bond acceptors (Lipinski definition) is 5. The van der Waals surface area contributed by atoms with Crippen molar-refractivity contribution in [3.63, 3.8) is 0 Å². The molecule has 6 heteroatoms. The minimum absolute atomic E-state index is 0.277. The van der Waals surface area contributed by atoms with Gasteiger partial charge in [-0.05, 0) is 66.4 Å². The normalized spacial score (nSPS) is 19.1. The Kier molecular flexibility index (Phi) is 6.06. The topological polar surface area (TPSA) is 71.3 Å². The number of furan rings is 1. The second-order valence-electron chi connectivity index (χ2n) is 8.74. The Bertz CT molecular complexity index is 1350. The number of rotatable bonds is 6. The summed E-state index contributed by atoms with van der Waals surface area (Å²) in [6.45, 7) is 1.72. The van der Waals surface area contributed by atoms with Crippen LogP contribution in [0.2, 0.25) is 0 Å². The monoisotopic (exact) mass is 460 g/mol. The molecule has 2 heterocycles. The van der Waals surface area contributed by atoms with Gasteiger partial charge in [0.2, 0.25) is 0 Å². The van der Waals surface area contributed by atoms with E-state index < -0.39 is 9.84 Å². The molecule has 170 valence electrons.